The molecule has 2 rings (SSSR count). The van der Waals surface area contributed by atoms with Crippen molar-refractivity contribution in [1.82, 2.24) is 0 Å². The van der Waals surface area contributed by atoms with Crippen molar-refractivity contribution >= 4 is 5.78 Å². The summed E-state index contributed by atoms with van der Waals surface area (Å²) < 4.78 is 5.05. The molecular formula is C16H18O4. The summed E-state index contributed by atoms with van der Waals surface area (Å²) in [6, 6.07) is 5.14. The fraction of sp³-hybridized carbons (Fsp3) is 0.312. The number of phenolic OH excluding ortho intramolecular Hbond substituents is 1. The molecule has 0 unspecified atom stereocenters. The van der Waals surface area contributed by atoms with Crippen molar-refractivity contribution in [1.29, 1.82) is 0 Å². The third-order valence-electron chi connectivity index (χ3n) is 3.38. The molecule has 106 valence electrons. The molecular weight excluding hydrogens is 256 g/mol. The lowest BCUT2D eigenvalue weighted by Gasteiger charge is -2.11. The summed E-state index contributed by atoms with van der Waals surface area (Å²) in [6.45, 7) is 0. The molecule has 0 radical (unpaired) electrons. The molecule has 0 saturated carbocycles. The van der Waals surface area contributed by atoms with Gasteiger partial charge >= 0.3 is 0 Å². The largest absolute Gasteiger partial charge is 0.512 e. The molecule has 0 amide bonds. The third kappa shape index (κ3) is 3.41. The quantitative estimate of drug-likeness (QED) is 0.828. The number of aryl methyl sites for hydroxylation is 1. The van der Waals surface area contributed by atoms with Crippen molar-refractivity contribution in [3.8, 4) is 11.5 Å². The summed E-state index contributed by atoms with van der Waals surface area (Å²) in [7, 11) is 1.50. The monoisotopic (exact) mass is 274 g/mol. The Morgan fingerprint density at radius 1 is 1.30 bits per heavy atom. The van der Waals surface area contributed by atoms with Crippen molar-refractivity contribution in [2.75, 3.05) is 7.11 Å². The average Bonchev–Trinajstić information content (AvgIpc) is 2.46. The second-order valence-electron chi connectivity index (χ2n) is 4.78. The van der Waals surface area contributed by atoms with Gasteiger partial charge in [0, 0.05) is 12.8 Å². The molecule has 1 aliphatic rings. The number of hydrogen-bond donors (Lipinski definition) is 2. The normalized spacial score (nSPS) is 17.1. The smallest absolute Gasteiger partial charge is 0.160 e. The van der Waals surface area contributed by atoms with Gasteiger partial charge in [0.15, 0.2) is 17.3 Å². The zero-order chi connectivity index (χ0) is 14.5. The predicted octanol–water partition coefficient (Wildman–Crippen LogP) is 3.06. The lowest BCUT2D eigenvalue weighted by atomic mass is 9.97. The Morgan fingerprint density at radius 2 is 2.10 bits per heavy atom. The first-order valence-corrected chi connectivity index (χ1v) is 6.58. The Balaban J connectivity index is 2.03. The first-order valence-electron chi connectivity index (χ1n) is 6.58. The van der Waals surface area contributed by atoms with E-state index in [1.54, 1.807) is 24.3 Å². The molecule has 0 saturated heterocycles. The Labute approximate surface area is 118 Å². The highest BCUT2D eigenvalue weighted by molar-refractivity contribution is 5.91. The second-order valence-corrected chi connectivity index (χ2v) is 4.78. The van der Waals surface area contributed by atoms with Gasteiger partial charge in [-0.1, -0.05) is 12.1 Å². The number of methoxy groups -OCH3 is 1. The number of aliphatic hydroxyl groups is 1. The maximum Gasteiger partial charge on any atom is 0.160 e. The van der Waals surface area contributed by atoms with Crippen LogP contribution in [-0.2, 0) is 11.2 Å². The van der Waals surface area contributed by atoms with Crippen molar-refractivity contribution in [3.05, 3.63) is 47.2 Å². The first-order chi connectivity index (χ1) is 9.60. The topological polar surface area (TPSA) is 66.8 Å². The SMILES string of the molecule is COc1cc(CCC(O)=C2C=CC(=O)CC2)ccc1O. The van der Waals surface area contributed by atoms with Gasteiger partial charge in [-0.15, -0.1) is 0 Å². The highest BCUT2D eigenvalue weighted by Gasteiger charge is 2.11. The van der Waals surface area contributed by atoms with E-state index in [9.17, 15) is 15.0 Å². The van der Waals surface area contributed by atoms with Crippen molar-refractivity contribution in [3.63, 3.8) is 0 Å². The number of phenols is 1. The predicted molar refractivity (Wildman–Crippen MR) is 76.0 cm³/mol. The van der Waals surface area contributed by atoms with Crippen LogP contribution in [-0.4, -0.2) is 23.1 Å². The molecule has 1 aromatic carbocycles. The van der Waals surface area contributed by atoms with Crippen LogP contribution in [0.2, 0.25) is 0 Å². The molecule has 2 N–H and O–H groups in total. The van der Waals surface area contributed by atoms with E-state index in [1.165, 1.54) is 13.2 Å². The van der Waals surface area contributed by atoms with Crippen LogP contribution in [0.3, 0.4) is 0 Å². The van der Waals surface area contributed by atoms with E-state index in [1.807, 2.05) is 0 Å². The number of aromatic hydroxyl groups is 1. The van der Waals surface area contributed by atoms with E-state index in [0.717, 1.165) is 11.1 Å². The molecule has 0 atom stereocenters. The maximum absolute atomic E-state index is 11.1. The summed E-state index contributed by atoms with van der Waals surface area (Å²) in [6.07, 6.45) is 5.41. The first kappa shape index (κ1) is 14.2. The molecule has 0 aromatic heterocycles. The molecule has 20 heavy (non-hydrogen) atoms. The fourth-order valence-corrected chi connectivity index (χ4v) is 2.16. The van der Waals surface area contributed by atoms with Crippen LogP contribution in [0.15, 0.2) is 41.7 Å². The van der Waals surface area contributed by atoms with E-state index >= 15 is 0 Å². The highest BCUT2D eigenvalue weighted by atomic mass is 16.5. The lowest BCUT2D eigenvalue weighted by Crippen LogP contribution is -2.02. The van der Waals surface area contributed by atoms with E-state index in [-0.39, 0.29) is 11.5 Å². The molecule has 0 aliphatic heterocycles. The van der Waals surface area contributed by atoms with Gasteiger partial charge in [0.05, 0.1) is 12.9 Å². The minimum atomic E-state index is 0.102. The maximum atomic E-state index is 11.1. The van der Waals surface area contributed by atoms with Gasteiger partial charge in [-0.25, -0.2) is 0 Å². The molecule has 0 bridgehead atoms. The van der Waals surface area contributed by atoms with Crippen LogP contribution in [0, 0.1) is 0 Å². The number of rotatable bonds is 4. The lowest BCUT2D eigenvalue weighted by molar-refractivity contribution is -0.114. The van der Waals surface area contributed by atoms with Crippen LogP contribution in [0.1, 0.15) is 24.8 Å². The molecule has 0 heterocycles. The average molecular weight is 274 g/mol. The molecule has 4 nitrogen and oxygen atoms in total. The van der Waals surface area contributed by atoms with Gasteiger partial charge in [0.2, 0.25) is 0 Å². The molecule has 1 aliphatic carbocycles. The molecule has 0 spiro atoms. The number of ether oxygens (including phenoxy) is 1. The zero-order valence-electron chi connectivity index (χ0n) is 11.4. The standard InChI is InChI=1S/C16H18O4/c1-20-16-10-11(3-9-15(16)19)2-8-14(18)12-4-6-13(17)7-5-12/h3-4,6,9-10,18-19H,2,5,7-8H2,1H3. The summed E-state index contributed by atoms with van der Waals surface area (Å²) in [5.41, 5.74) is 1.80. The number of benzene rings is 1. The number of carbonyl (C=O) groups excluding carboxylic acids is 1. The second kappa shape index (κ2) is 6.28. The Bertz CT molecular complexity index is 570. The van der Waals surface area contributed by atoms with E-state index < -0.39 is 0 Å². The van der Waals surface area contributed by atoms with Crippen molar-refractivity contribution < 1.29 is 19.7 Å². The van der Waals surface area contributed by atoms with Crippen molar-refractivity contribution in [2.45, 2.75) is 25.7 Å². The summed E-state index contributed by atoms with van der Waals surface area (Å²) in [4.78, 5) is 11.1. The Morgan fingerprint density at radius 3 is 2.75 bits per heavy atom. The van der Waals surface area contributed by atoms with Gasteiger partial charge < -0.3 is 14.9 Å². The number of carbonyl (C=O) groups is 1. The fourth-order valence-electron chi connectivity index (χ4n) is 2.16. The Hall–Kier alpha value is -2.23. The van der Waals surface area contributed by atoms with Crippen LogP contribution in [0.4, 0.5) is 0 Å². The van der Waals surface area contributed by atoms with Crippen LogP contribution in [0.25, 0.3) is 0 Å². The zero-order valence-corrected chi connectivity index (χ0v) is 11.4. The van der Waals surface area contributed by atoms with Gasteiger partial charge in [0.25, 0.3) is 0 Å². The third-order valence-corrected chi connectivity index (χ3v) is 3.38. The van der Waals surface area contributed by atoms with Crippen LogP contribution < -0.4 is 4.74 Å². The molecule has 4 heteroatoms. The van der Waals surface area contributed by atoms with Crippen molar-refractivity contribution in [2.24, 2.45) is 0 Å². The van der Waals surface area contributed by atoms with Gasteiger partial charge in [-0.05, 0) is 42.2 Å². The number of hydrogen-bond acceptors (Lipinski definition) is 4. The van der Waals surface area contributed by atoms with Gasteiger partial charge in [-0.2, -0.15) is 0 Å². The number of allylic oxidation sites excluding steroid dienone is 4. The Kier molecular flexibility index (Phi) is 4.45. The molecule has 1 aromatic rings. The highest BCUT2D eigenvalue weighted by Crippen LogP contribution is 2.27. The summed E-state index contributed by atoms with van der Waals surface area (Å²) in [5.74, 6) is 0.955. The minimum absolute atomic E-state index is 0.102. The van der Waals surface area contributed by atoms with Crippen LogP contribution >= 0.6 is 0 Å². The van der Waals surface area contributed by atoms with E-state index in [2.05, 4.69) is 0 Å². The van der Waals surface area contributed by atoms with Gasteiger partial charge in [0.1, 0.15) is 0 Å². The summed E-state index contributed by atoms with van der Waals surface area (Å²) >= 11 is 0. The van der Waals surface area contributed by atoms with E-state index in [4.69, 9.17) is 4.74 Å². The van der Waals surface area contributed by atoms with Gasteiger partial charge in [-0.3, -0.25) is 4.79 Å². The minimum Gasteiger partial charge on any atom is -0.512 e. The number of ketones is 1. The van der Waals surface area contributed by atoms with Crippen LogP contribution in [0.5, 0.6) is 11.5 Å². The summed E-state index contributed by atoms with van der Waals surface area (Å²) in [5, 5.41) is 19.6. The van der Waals surface area contributed by atoms with E-state index in [0.29, 0.717) is 37.2 Å². The number of aliphatic hydroxyl groups excluding tert-OH is 1. The molecule has 0 fully saturated rings.